The van der Waals surface area contributed by atoms with Crippen LogP contribution in [0.5, 0.6) is 0 Å². The number of hydrogen-bond acceptors (Lipinski definition) is 4. The van der Waals surface area contributed by atoms with E-state index in [-0.39, 0.29) is 30.3 Å². The van der Waals surface area contributed by atoms with Gasteiger partial charge in [0.05, 0.1) is 29.7 Å². The van der Waals surface area contributed by atoms with E-state index in [2.05, 4.69) is 0 Å². The van der Waals surface area contributed by atoms with Gasteiger partial charge < -0.3 is 4.74 Å². The normalized spacial score (nSPS) is 9.61. The summed E-state index contributed by atoms with van der Waals surface area (Å²) in [6, 6.07) is 6.50. The Morgan fingerprint density at radius 3 is 2.72 bits per heavy atom. The Bertz CT molecular complexity index is 505. The molecule has 0 heterocycles. The van der Waals surface area contributed by atoms with Gasteiger partial charge in [-0.15, -0.1) is 11.6 Å². The minimum absolute atomic E-state index is 0.0589. The van der Waals surface area contributed by atoms with Crippen molar-refractivity contribution in [2.45, 2.75) is 13.3 Å². The fourth-order valence-electron chi connectivity index (χ4n) is 1.46. The number of Topliss-reactive ketones (excluding diaryl/α,β-unsaturated/α-hetero) is 1. The highest BCUT2D eigenvalue weighted by atomic mass is 35.5. The molecule has 0 unspecified atom stereocenters. The molecular formula is C13H12ClNO3. The van der Waals surface area contributed by atoms with E-state index >= 15 is 0 Å². The Balaban J connectivity index is 3.12. The van der Waals surface area contributed by atoms with Crippen LogP contribution in [0.4, 0.5) is 0 Å². The third kappa shape index (κ3) is 3.57. The van der Waals surface area contributed by atoms with Gasteiger partial charge in [0.25, 0.3) is 0 Å². The summed E-state index contributed by atoms with van der Waals surface area (Å²) >= 11 is 5.44. The number of rotatable bonds is 5. The zero-order chi connectivity index (χ0) is 13.5. The van der Waals surface area contributed by atoms with Gasteiger partial charge in [0.15, 0.2) is 5.78 Å². The molecule has 18 heavy (non-hydrogen) atoms. The Morgan fingerprint density at radius 1 is 1.44 bits per heavy atom. The third-order valence-electron chi connectivity index (χ3n) is 2.27. The van der Waals surface area contributed by atoms with Crippen LogP contribution in [0.15, 0.2) is 18.2 Å². The molecule has 94 valence electrons. The van der Waals surface area contributed by atoms with Crippen LogP contribution in [0.2, 0.25) is 0 Å². The second kappa shape index (κ2) is 6.77. The van der Waals surface area contributed by atoms with Crippen LogP contribution in [0.25, 0.3) is 0 Å². The van der Waals surface area contributed by atoms with Crippen molar-refractivity contribution >= 4 is 23.4 Å². The first kappa shape index (κ1) is 14.2. The maximum absolute atomic E-state index is 11.7. The summed E-state index contributed by atoms with van der Waals surface area (Å²) in [7, 11) is 0. The molecule has 0 atom stereocenters. The number of benzene rings is 1. The highest BCUT2D eigenvalue weighted by Crippen LogP contribution is 2.15. The van der Waals surface area contributed by atoms with E-state index < -0.39 is 5.97 Å². The van der Waals surface area contributed by atoms with E-state index in [9.17, 15) is 9.59 Å². The van der Waals surface area contributed by atoms with E-state index in [1.165, 1.54) is 6.07 Å². The molecule has 0 fully saturated rings. The van der Waals surface area contributed by atoms with Gasteiger partial charge in [-0.05, 0) is 24.6 Å². The van der Waals surface area contributed by atoms with Crippen molar-refractivity contribution in [1.82, 2.24) is 0 Å². The van der Waals surface area contributed by atoms with Gasteiger partial charge in [0.1, 0.15) is 0 Å². The van der Waals surface area contributed by atoms with Gasteiger partial charge in [-0.25, -0.2) is 4.79 Å². The second-order valence-electron chi connectivity index (χ2n) is 3.55. The van der Waals surface area contributed by atoms with Gasteiger partial charge in [-0.3, -0.25) is 4.79 Å². The van der Waals surface area contributed by atoms with E-state index in [1.54, 1.807) is 19.1 Å². The number of esters is 1. The summed E-state index contributed by atoms with van der Waals surface area (Å²) in [4.78, 5) is 23.0. The van der Waals surface area contributed by atoms with Crippen molar-refractivity contribution in [3.63, 3.8) is 0 Å². The van der Waals surface area contributed by atoms with Crippen molar-refractivity contribution in [3.05, 3.63) is 34.9 Å². The predicted octanol–water partition coefficient (Wildman–Crippen LogP) is 2.09. The predicted molar refractivity (Wildman–Crippen MR) is 66.5 cm³/mol. The molecule has 1 aromatic rings. The molecule has 0 aliphatic heterocycles. The summed E-state index contributed by atoms with van der Waals surface area (Å²) in [6.07, 6.45) is 0.0589. The van der Waals surface area contributed by atoms with Gasteiger partial charge >= 0.3 is 5.97 Å². The molecule has 1 aromatic carbocycles. The third-order valence-corrected chi connectivity index (χ3v) is 2.57. The number of halogens is 1. The minimum atomic E-state index is -0.535. The molecule has 1 rings (SSSR count). The molecule has 0 amide bonds. The van der Waals surface area contributed by atoms with Crippen LogP contribution < -0.4 is 0 Å². The number of nitriles is 1. The van der Waals surface area contributed by atoms with E-state index in [0.29, 0.717) is 11.1 Å². The first-order valence-electron chi connectivity index (χ1n) is 5.40. The van der Waals surface area contributed by atoms with Crippen LogP contribution in [0.1, 0.15) is 28.4 Å². The van der Waals surface area contributed by atoms with Crippen molar-refractivity contribution in [2.75, 3.05) is 12.5 Å². The molecule has 0 N–H and O–H groups in total. The van der Waals surface area contributed by atoms with Crippen LogP contribution in [-0.4, -0.2) is 24.2 Å². The SMILES string of the molecule is CCOC(=O)c1cc(C#N)ccc1CC(=O)CCl. The number of ether oxygens (including phenoxy) is 1. The van der Waals surface area contributed by atoms with Crippen molar-refractivity contribution in [1.29, 1.82) is 5.26 Å². The van der Waals surface area contributed by atoms with Crippen LogP contribution in [-0.2, 0) is 16.0 Å². The van der Waals surface area contributed by atoms with Crippen LogP contribution in [0.3, 0.4) is 0 Å². The number of alkyl halides is 1. The lowest BCUT2D eigenvalue weighted by Gasteiger charge is -2.08. The lowest BCUT2D eigenvalue weighted by Crippen LogP contribution is -2.12. The summed E-state index contributed by atoms with van der Waals surface area (Å²) in [5.74, 6) is -0.832. The van der Waals surface area contributed by atoms with Crippen molar-refractivity contribution in [2.24, 2.45) is 0 Å². The molecule has 0 aliphatic rings. The summed E-state index contributed by atoms with van der Waals surface area (Å²) in [6.45, 7) is 1.92. The maximum Gasteiger partial charge on any atom is 0.338 e. The molecule has 0 bridgehead atoms. The summed E-state index contributed by atoms with van der Waals surface area (Å²) in [5, 5.41) is 8.80. The zero-order valence-electron chi connectivity index (χ0n) is 9.90. The Hall–Kier alpha value is -1.86. The standard InChI is InChI=1S/C13H12ClNO3/c1-2-18-13(17)12-5-9(8-15)3-4-10(12)6-11(16)7-14/h3-5H,2,6-7H2,1H3. The lowest BCUT2D eigenvalue weighted by molar-refractivity contribution is -0.116. The molecule has 5 heteroatoms. The van der Waals surface area contributed by atoms with Gasteiger partial charge in [0.2, 0.25) is 0 Å². The quantitative estimate of drug-likeness (QED) is 0.604. The largest absolute Gasteiger partial charge is 0.462 e. The number of ketones is 1. The smallest absolute Gasteiger partial charge is 0.338 e. The molecule has 0 saturated heterocycles. The first-order valence-corrected chi connectivity index (χ1v) is 5.93. The summed E-state index contributed by atoms with van der Waals surface area (Å²) in [5.41, 5.74) is 1.12. The number of carbonyl (C=O) groups excluding carboxylic acids is 2. The molecular weight excluding hydrogens is 254 g/mol. The van der Waals surface area contributed by atoms with E-state index in [1.807, 2.05) is 6.07 Å². The highest BCUT2D eigenvalue weighted by molar-refractivity contribution is 6.27. The van der Waals surface area contributed by atoms with Crippen LogP contribution in [0, 0.1) is 11.3 Å². The Labute approximate surface area is 110 Å². The fraction of sp³-hybridized carbons (Fsp3) is 0.308. The summed E-state index contributed by atoms with van der Waals surface area (Å²) < 4.78 is 4.89. The molecule has 0 aromatic heterocycles. The number of carbonyl (C=O) groups is 2. The monoisotopic (exact) mass is 265 g/mol. The average molecular weight is 266 g/mol. The molecule has 0 radical (unpaired) electrons. The highest BCUT2D eigenvalue weighted by Gasteiger charge is 2.15. The van der Waals surface area contributed by atoms with Gasteiger partial charge in [-0.1, -0.05) is 6.07 Å². The second-order valence-corrected chi connectivity index (χ2v) is 3.82. The van der Waals surface area contributed by atoms with E-state index in [4.69, 9.17) is 21.6 Å². The lowest BCUT2D eigenvalue weighted by atomic mass is 10.0. The van der Waals surface area contributed by atoms with Gasteiger partial charge in [-0.2, -0.15) is 5.26 Å². The van der Waals surface area contributed by atoms with Gasteiger partial charge in [0, 0.05) is 6.42 Å². The Kier molecular flexibility index (Phi) is 5.34. The molecule has 0 saturated carbocycles. The van der Waals surface area contributed by atoms with Crippen molar-refractivity contribution < 1.29 is 14.3 Å². The number of nitrogens with zero attached hydrogens (tertiary/aromatic N) is 1. The minimum Gasteiger partial charge on any atom is -0.462 e. The first-order chi connectivity index (χ1) is 8.62. The molecule has 0 aliphatic carbocycles. The number of hydrogen-bond donors (Lipinski definition) is 0. The molecule has 4 nitrogen and oxygen atoms in total. The maximum atomic E-state index is 11.7. The zero-order valence-corrected chi connectivity index (χ0v) is 10.7. The van der Waals surface area contributed by atoms with Crippen molar-refractivity contribution in [3.8, 4) is 6.07 Å². The Morgan fingerprint density at radius 2 is 2.17 bits per heavy atom. The van der Waals surface area contributed by atoms with Crippen LogP contribution >= 0.6 is 11.6 Å². The topological polar surface area (TPSA) is 67.2 Å². The fourth-order valence-corrected chi connectivity index (χ4v) is 1.55. The average Bonchev–Trinajstić information content (AvgIpc) is 2.39. The van der Waals surface area contributed by atoms with E-state index in [0.717, 1.165) is 0 Å². The molecule has 0 spiro atoms.